The Balaban J connectivity index is 2.25. The minimum Gasteiger partial charge on any atom is -0.329 e. The summed E-state index contributed by atoms with van der Waals surface area (Å²) in [5, 5.41) is 3.24. The number of aromatic nitrogens is 2. The Morgan fingerprint density at radius 1 is 1.47 bits per heavy atom. The molecule has 0 spiro atoms. The molecule has 3 heteroatoms. The molecule has 1 aromatic heterocycles. The van der Waals surface area contributed by atoms with Crippen LogP contribution in [0.2, 0.25) is 0 Å². The van der Waals surface area contributed by atoms with E-state index in [1.807, 2.05) is 7.05 Å². The van der Waals surface area contributed by atoms with Gasteiger partial charge in [-0.3, -0.25) is 0 Å². The molecular formula is C12H21N3. The molecule has 1 unspecified atom stereocenters. The molecule has 1 atom stereocenters. The molecule has 1 aliphatic rings. The third-order valence-corrected chi connectivity index (χ3v) is 3.43. The summed E-state index contributed by atoms with van der Waals surface area (Å²) >= 11 is 0. The van der Waals surface area contributed by atoms with Gasteiger partial charge >= 0.3 is 0 Å². The normalized spacial score (nSPS) is 20.3. The molecule has 2 heterocycles. The summed E-state index contributed by atoms with van der Waals surface area (Å²) in [4.78, 5) is 4.59. The van der Waals surface area contributed by atoms with Gasteiger partial charge in [0.15, 0.2) is 0 Å². The number of fused-ring (bicyclic) bond motifs is 1. The summed E-state index contributed by atoms with van der Waals surface area (Å²) in [5.41, 5.74) is 2.71. The molecule has 15 heavy (non-hydrogen) atoms. The third-order valence-electron chi connectivity index (χ3n) is 3.43. The first-order valence-electron chi connectivity index (χ1n) is 5.93. The molecule has 0 saturated carbocycles. The lowest BCUT2D eigenvalue weighted by Gasteiger charge is -2.27. The minimum absolute atomic E-state index is 0.669. The Kier molecular flexibility index (Phi) is 3.10. The fraction of sp³-hybridized carbons (Fsp3) is 0.750. The Hall–Kier alpha value is -0.830. The van der Waals surface area contributed by atoms with Gasteiger partial charge in [0, 0.05) is 11.7 Å². The van der Waals surface area contributed by atoms with Gasteiger partial charge in [0.2, 0.25) is 0 Å². The highest BCUT2D eigenvalue weighted by Gasteiger charge is 2.23. The van der Waals surface area contributed by atoms with Crippen molar-refractivity contribution in [1.29, 1.82) is 0 Å². The number of nitrogens with zero attached hydrogens (tertiary/aromatic N) is 2. The number of aryl methyl sites for hydroxylation is 2. The highest BCUT2D eigenvalue weighted by molar-refractivity contribution is 5.18. The molecule has 1 N–H and O–H groups in total. The van der Waals surface area contributed by atoms with E-state index in [0.29, 0.717) is 6.04 Å². The summed E-state index contributed by atoms with van der Waals surface area (Å²) in [6.45, 7) is 5.37. The smallest absolute Gasteiger partial charge is 0.106 e. The van der Waals surface area contributed by atoms with Crippen LogP contribution >= 0.6 is 0 Å². The van der Waals surface area contributed by atoms with Crippen molar-refractivity contribution in [2.45, 2.75) is 45.6 Å². The summed E-state index contributed by atoms with van der Waals surface area (Å²) in [5.74, 6) is 1.20. The zero-order valence-electron chi connectivity index (χ0n) is 10.0. The molecule has 1 aromatic rings. The van der Waals surface area contributed by atoms with E-state index in [-0.39, 0.29) is 0 Å². The zero-order chi connectivity index (χ0) is 10.8. The van der Waals surface area contributed by atoms with E-state index in [2.05, 4.69) is 28.7 Å². The highest BCUT2D eigenvalue weighted by atomic mass is 15.1. The maximum absolute atomic E-state index is 4.59. The first kappa shape index (κ1) is 10.7. The number of hydrogen-bond donors (Lipinski definition) is 1. The van der Waals surface area contributed by atoms with Crippen LogP contribution in [0.4, 0.5) is 0 Å². The Morgan fingerprint density at radius 2 is 2.27 bits per heavy atom. The van der Waals surface area contributed by atoms with Crippen LogP contribution in [0.1, 0.15) is 42.5 Å². The van der Waals surface area contributed by atoms with Crippen molar-refractivity contribution in [1.82, 2.24) is 14.9 Å². The topological polar surface area (TPSA) is 29.9 Å². The van der Waals surface area contributed by atoms with E-state index < -0.39 is 0 Å². The summed E-state index contributed by atoms with van der Waals surface area (Å²) in [6, 6.07) is 0.669. The van der Waals surface area contributed by atoms with Crippen molar-refractivity contribution in [2.75, 3.05) is 13.6 Å². The molecule has 0 radical (unpaired) electrons. The Bertz CT molecular complexity index is 341. The van der Waals surface area contributed by atoms with Gasteiger partial charge in [0.05, 0.1) is 5.69 Å². The quantitative estimate of drug-likeness (QED) is 0.821. The molecule has 0 bridgehead atoms. The molecule has 0 saturated heterocycles. The number of imidazole rings is 1. The monoisotopic (exact) mass is 207 g/mol. The SMILES string of the molecule is CNCCC1CCCc2c(C)nc(C)n21. The van der Waals surface area contributed by atoms with Gasteiger partial charge in [-0.25, -0.2) is 4.98 Å². The van der Waals surface area contributed by atoms with Crippen molar-refractivity contribution in [2.24, 2.45) is 0 Å². The van der Waals surface area contributed by atoms with E-state index >= 15 is 0 Å². The second kappa shape index (κ2) is 4.35. The van der Waals surface area contributed by atoms with E-state index in [4.69, 9.17) is 0 Å². The standard InChI is InChI=1S/C12H21N3/c1-9-12-6-4-5-11(7-8-13-3)15(12)10(2)14-9/h11,13H,4-8H2,1-3H3. The van der Waals surface area contributed by atoms with Gasteiger partial charge in [-0.15, -0.1) is 0 Å². The maximum atomic E-state index is 4.59. The van der Waals surface area contributed by atoms with Crippen LogP contribution in [0.3, 0.4) is 0 Å². The van der Waals surface area contributed by atoms with Crippen molar-refractivity contribution < 1.29 is 0 Å². The van der Waals surface area contributed by atoms with Gasteiger partial charge in [-0.2, -0.15) is 0 Å². The van der Waals surface area contributed by atoms with E-state index in [0.717, 1.165) is 6.54 Å². The lowest BCUT2D eigenvalue weighted by Crippen LogP contribution is -2.22. The third kappa shape index (κ3) is 1.93. The van der Waals surface area contributed by atoms with Gasteiger partial charge in [-0.1, -0.05) is 0 Å². The van der Waals surface area contributed by atoms with Crippen molar-refractivity contribution in [3.05, 3.63) is 17.2 Å². The van der Waals surface area contributed by atoms with Crippen LogP contribution in [0.25, 0.3) is 0 Å². The molecule has 0 amide bonds. The lowest BCUT2D eigenvalue weighted by molar-refractivity contribution is 0.369. The number of nitrogens with one attached hydrogen (secondary N) is 1. The minimum atomic E-state index is 0.669. The highest BCUT2D eigenvalue weighted by Crippen LogP contribution is 2.30. The van der Waals surface area contributed by atoms with Crippen molar-refractivity contribution in [3.8, 4) is 0 Å². The predicted octanol–water partition coefficient (Wildman–Crippen LogP) is 1.99. The van der Waals surface area contributed by atoms with Gasteiger partial charge in [-0.05, 0) is 53.1 Å². The maximum Gasteiger partial charge on any atom is 0.106 e. The first-order valence-corrected chi connectivity index (χ1v) is 5.93. The van der Waals surface area contributed by atoms with Crippen LogP contribution in [-0.2, 0) is 6.42 Å². The molecule has 3 nitrogen and oxygen atoms in total. The van der Waals surface area contributed by atoms with E-state index in [1.54, 1.807) is 0 Å². The molecule has 2 rings (SSSR count). The van der Waals surface area contributed by atoms with Crippen LogP contribution in [0, 0.1) is 13.8 Å². The molecule has 0 aromatic carbocycles. The Labute approximate surface area is 91.9 Å². The predicted molar refractivity (Wildman–Crippen MR) is 62.2 cm³/mol. The second-order valence-corrected chi connectivity index (χ2v) is 4.50. The average molecular weight is 207 g/mol. The zero-order valence-corrected chi connectivity index (χ0v) is 10.0. The first-order chi connectivity index (χ1) is 7.24. The largest absolute Gasteiger partial charge is 0.329 e. The van der Waals surface area contributed by atoms with Crippen LogP contribution < -0.4 is 5.32 Å². The molecular weight excluding hydrogens is 186 g/mol. The summed E-state index contributed by atoms with van der Waals surface area (Å²) < 4.78 is 2.47. The van der Waals surface area contributed by atoms with Crippen LogP contribution in [0.15, 0.2) is 0 Å². The fourth-order valence-corrected chi connectivity index (χ4v) is 2.74. The molecule has 1 aliphatic heterocycles. The van der Waals surface area contributed by atoms with Crippen molar-refractivity contribution >= 4 is 0 Å². The summed E-state index contributed by atoms with van der Waals surface area (Å²) in [6.07, 6.45) is 5.06. The molecule has 0 aliphatic carbocycles. The number of hydrogen-bond acceptors (Lipinski definition) is 2. The van der Waals surface area contributed by atoms with Gasteiger partial charge in [0.1, 0.15) is 5.82 Å². The average Bonchev–Trinajstić information content (AvgIpc) is 2.53. The Morgan fingerprint density at radius 3 is 3.00 bits per heavy atom. The fourth-order valence-electron chi connectivity index (χ4n) is 2.74. The molecule has 0 fully saturated rings. The van der Waals surface area contributed by atoms with Crippen LogP contribution in [-0.4, -0.2) is 23.1 Å². The van der Waals surface area contributed by atoms with E-state index in [9.17, 15) is 0 Å². The van der Waals surface area contributed by atoms with Crippen LogP contribution in [0.5, 0.6) is 0 Å². The molecule has 84 valence electrons. The van der Waals surface area contributed by atoms with Gasteiger partial charge < -0.3 is 9.88 Å². The number of rotatable bonds is 3. The lowest BCUT2D eigenvalue weighted by atomic mass is 9.99. The van der Waals surface area contributed by atoms with Crippen molar-refractivity contribution in [3.63, 3.8) is 0 Å². The second-order valence-electron chi connectivity index (χ2n) is 4.50. The van der Waals surface area contributed by atoms with Gasteiger partial charge in [0.25, 0.3) is 0 Å². The van der Waals surface area contributed by atoms with E-state index in [1.165, 1.54) is 42.9 Å². The summed E-state index contributed by atoms with van der Waals surface area (Å²) in [7, 11) is 2.02.